The summed E-state index contributed by atoms with van der Waals surface area (Å²) < 4.78 is 20.1. The maximum atomic E-state index is 14.3. The molecule has 15 nitrogen and oxygen atoms in total. The molecule has 0 fully saturated rings. The first-order valence-electron chi connectivity index (χ1n) is 27.9. The van der Waals surface area contributed by atoms with Gasteiger partial charge in [-0.05, 0) is 138 Å². The van der Waals surface area contributed by atoms with E-state index in [2.05, 4.69) is 79.1 Å². The van der Waals surface area contributed by atoms with Crippen LogP contribution in [0.25, 0.3) is 22.3 Å². The van der Waals surface area contributed by atoms with Crippen LogP contribution in [-0.2, 0) is 74.9 Å². The highest BCUT2D eigenvalue weighted by atomic mass is 16.6. The number of nitrogens with zero attached hydrogens (tertiary/aromatic N) is 9. The van der Waals surface area contributed by atoms with E-state index in [-0.39, 0.29) is 18.1 Å². The molecule has 3 aromatic carbocycles. The number of carbonyl (C=O) groups is 2. The van der Waals surface area contributed by atoms with Gasteiger partial charge >= 0.3 is 12.1 Å². The highest BCUT2D eigenvalue weighted by molar-refractivity contribution is 5.90. The lowest BCUT2D eigenvalue weighted by molar-refractivity contribution is -0.148. The van der Waals surface area contributed by atoms with E-state index in [0.717, 1.165) is 78.5 Å². The lowest BCUT2D eigenvalue weighted by Crippen LogP contribution is -2.34. The molecule has 0 N–H and O–H groups in total. The number of esters is 1. The number of hydrogen-bond acceptors (Lipinski definition) is 13. The van der Waals surface area contributed by atoms with E-state index < -0.39 is 12.0 Å². The molecule has 81 heavy (non-hydrogen) atoms. The van der Waals surface area contributed by atoms with Crippen LogP contribution in [0.3, 0.4) is 0 Å². The summed E-state index contributed by atoms with van der Waals surface area (Å²) in [5, 5.41) is 0.860. The van der Waals surface area contributed by atoms with Gasteiger partial charge in [-0.1, -0.05) is 74.5 Å². The van der Waals surface area contributed by atoms with Crippen LogP contribution in [0.1, 0.15) is 101 Å². The molecule has 6 aromatic heterocycles. The number of amides is 1. The van der Waals surface area contributed by atoms with Crippen LogP contribution >= 0.6 is 0 Å². The van der Waals surface area contributed by atoms with Crippen molar-refractivity contribution in [1.82, 2.24) is 44.2 Å². The molecule has 0 saturated heterocycles. The standard InChI is InChI=1S/C66H65N9O6/c1-3-55-58-35-53(24-25-61(58)71-63-59(55)44-75-62(63)36-57-56(4-2)65(77)80-45-60(57)64(75)76)81-66(78)74(39-46-18-6-5-7-19-46)30-16-17-31-79-54-33-47(37-72(40-49-20-8-12-26-67-49)41-50-21-9-13-27-68-50)32-48(34-54)38-73(42-51-22-10-14-28-69-51)43-52-23-11-15-29-70-52/h5-15,18-29,32-36,56H,3-4,16-17,30-31,37-45H2,1-2H3/t56-/m0/s1. The van der Waals surface area contributed by atoms with Gasteiger partial charge in [0.15, 0.2) is 0 Å². The van der Waals surface area contributed by atoms with Crippen LogP contribution in [-0.4, -0.2) is 69.4 Å². The summed E-state index contributed by atoms with van der Waals surface area (Å²) in [5.41, 5.74) is 12.3. The Hall–Kier alpha value is -8.92. The fraction of sp³-hybridized carbons (Fsp3) is 0.273. The second-order valence-electron chi connectivity index (χ2n) is 20.8. The van der Waals surface area contributed by atoms with Crippen molar-refractivity contribution in [3.63, 3.8) is 0 Å². The smallest absolute Gasteiger partial charge is 0.415 e. The van der Waals surface area contributed by atoms with Gasteiger partial charge in [0.25, 0.3) is 5.56 Å². The molecule has 9 aromatic rings. The van der Waals surface area contributed by atoms with E-state index in [4.69, 9.17) is 19.2 Å². The number of aromatic nitrogens is 6. The molecule has 1 atom stereocenters. The van der Waals surface area contributed by atoms with Crippen molar-refractivity contribution >= 4 is 23.0 Å². The van der Waals surface area contributed by atoms with Crippen molar-refractivity contribution in [2.75, 3.05) is 13.2 Å². The fourth-order valence-electron chi connectivity index (χ4n) is 11.2. The molecular weight excluding hydrogens is 1010 g/mol. The topological polar surface area (TPSA) is 158 Å². The summed E-state index contributed by atoms with van der Waals surface area (Å²) in [6, 6.07) is 48.0. The highest BCUT2D eigenvalue weighted by Crippen LogP contribution is 2.40. The zero-order valence-corrected chi connectivity index (χ0v) is 45.8. The Morgan fingerprint density at radius 2 is 1.21 bits per heavy atom. The third-order valence-electron chi connectivity index (χ3n) is 15.0. The molecule has 0 unspecified atom stereocenters. The molecule has 15 heteroatoms. The summed E-state index contributed by atoms with van der Waals surface area (Å²) >= 11 is 0. The maximum Gasteiger partial charge on any atom is 0.415 e. The van der Waals surface area contributed by atoms with Crippen molar-refractivity contribution in [3.8, 4) is 22.9 Å². The number of benzene rings is 3. The van der Waals surface area contributed by atoms with Crippen LogP contribution in [0.5, 0.6) is 11.5 Å². The fourth-order valence-corrected chi connectivity index (χ4v) is 11.2. The minimum absolute atomic E-state index is 0.0276. The molecule has 0 aliphatic carbocycles. The average Bonchev–Trinajstić information content (AvgIpc) is 4.13. The second kappa shape index (κ2) is 25.5. The van der Waals surface area contributed by atoms with Crippen LogP contribution in [0.4, 0.5) is 4.79 Å². The summed E-state index contributed by atoms with van der Waals surface area (Å²) in [6.07, 6.45) is 9.41. The molecule has 11 rings (SSSR count). The largest absolute Gasteiger partial charge is 0.494 e. The van der Waals surface area contributed by atoms with Gasteiger partial charge in [-0.3, -0.25) is 39.3 Å². The lowest BCUT2D eigenvalue weighted by Gasteiger charge is -2.25. The summed E-state index contributed by atoms with van der Waals surface area (Å²) in [7, 11) is 0. The normalized spacial score (nSPS) is 13.4. The van der Waals surface area contributed by atoms with Crippen LogP contribution in [0.15, 0.2) is 175 Å². The van der Waals surface area contributed by atoms with Crippen LogP contribution < -0.4 is 15.0 Å². The summed E-state index contributed by atoms with van der Waals surface area (Å²) in [5.74, 6) is 0.380. The van der Waals surface area contributed by atoms with Crippen LogP contribution in [0, 0.1) is 0 Å². The molecular formula is C66H65N9O6. The molecule has 0 radical (unpaired) electrons. The van der Waals surface area contributed by atoms with Gasteiger partial charge in [0.2, 0.25) is 0 Å². The Morgan fingerprint density at radius 3 is 1.77 bits per heavy atom. The third-order valence-corrected chi connectivity index (χ3v) is 15.0. The van der Waals surface area contributed by atoms with E-state index in [9.17, 15) is 14.4 Å². The van der Waals surface area contributed by atoms with Gasteiger partial charge in [0.05, 0.1) is 64.3 Å². The van der Waals surface area contributed by atoms with Gasteiger partial charge in [0.1, 0.15) is 18.1 Å². The molecule has 0 spiro atoms. The Balaban J connectivity index is 0.809. The van der Waals surface area contributed by atoms with Crippen molar-refractivity contribution in [1.29, 1.82) is 0 Å². The number of carbonyl (C=O) groups excluding carboxylic acids is 2. The van der Waals surface area contributed by atoms with E-state index in [0.29, 0.717) is 108 Å². The predicted octanol–water partition coefficient (Wildman–Crippen LogP) is 11.4. The van der Waals surface area contributed by atoms with Gasteiger partial charge < -0.3 is 23.7 Å². The monoisotopic (exact) mass is 1080 g/mol. The first-order chi connectivity index (χ1) is 39.7. The van der Waals surface area contributed by atoms with E-state index >= 15 is 0 Å². The summed E-state index contributed by atoms with van der Waals surface area (Å²) in [4.78, 5) is 71.2. The number of fused-ring (bicyclic) bond motifs is 5. The van der Waals surface area contributed by atoms with Crippen molar-refractivity contribution in [2.24, 2.45) is 0 Å². The molecule has 0 saturated carbocycles. The SMILES string of the molecule is CCc1c2c(nc3ccc(OC(=O)N(CCCCOc4cc(CN(Cc5ccccn5)Cc5ccccn5)cc(CN(Cc5ccccn5)Cc5ccccn5)c4)Cc4ccccc4)cc13)-c1cc3c(c(=O)n1C2)COC(=O)[C@H]3CC. The number of hydrogen-bond donors (Lipinski definition) is 0. The lowest BCUT2D eigenvalue weighted by atomic mass is 9.90. The Morgan fingerprint density at radius 1 is 0.617 bits per heavy atom. The van der Waals surface area contributed by atoms with E-state index in [1.165, 1.54) is 0 Å². The van der Waals surface area contributed by atoms with E-state index in [1.54, 1.807) is 15.5 Å². The van der Waals surface area contributed by atoms with Gasteiger partial charge in [-0.25, -0.2) is 9.78 Å². The number of ether oxygens (including phenoxy) is 3. The Labute approximate surface area is 471 Å². The maximum absolute atomic E-state index is 14.3. The molecule has 2 aliphatic heterocycles. The highest BCUT2D eigenvalue weighted by Gasteiger charge is 2.35. The number of cyclic esters (lactones) is 1. The number of rotatable bonds is 23. The Kier molecular flexibility index (Phi) is 17.0. The van der Waals surface area contributed by atoms with Crippen molar-refractivity contribution in [2.45, 2.75) is 104 Å². The summed E-state index contributed by atoms with van der Waals surface area (Å²) in [6.45, 7) is 9.34. The predicted molar refractivity (Wildman–Crippen MR) is 310 cm³/mol. The molecule has 410 valence electrons. The minimum Gasteiger partial charge on any atom is -0.494 e. The first kappa shape index (κ1) is 54.1. The second-order valence-corrected chi connectivity index (χ2v) is 20.8. The molecule has 0 bridgehead atoms. The van der Waals surface area contributed by atoms with Gasteiger partial charge in [0, 0.05) is 88.1 Å². The van der Waals surface area contributed by atoms with E-state index in [1.807, 2.05) is 129 Å². The molecule has 2 aliphatic rings. The zero-order chi connectivity index (χ0) is 55.5. The van der Waals surface area contributed by atoms with Gasteiger partial charge in [-0.15, -0.1) is 0 Å². The third kappa shape index (κ3) is 13.1. The quantitative estimate of drug-likeness (QED) is 0.0440. The average molecular weight is 1080 g/mol. The zero-order valence-electron chi connectivity index (χ0n) is 45.8. The number of aryl methyl sites for hydroxylation is 1. The Bertz CT molecular complexity index is 3490. The minimum atomic E-state index is -0.489. The number of unbranched alkanes of at least 4 members (excludes halogenated alkanes) is 1. The number of pyridine rings is 6. The van der Waals surface area contributed by atoms with Crippen molar-refractivity contribution in [3.05, 3.63) is 242 Å². The van der Waals surface area contributed by atoms with Gasteiger partial charge in [-0.2, -0.15) is 0 Å². The van der Waals surface area contributed by atoms with Crippen LogP contribution in [0.2, 0.25) is 0 Å². The van der Waals surface area contributed by atoms with Crippen molar-refractivity contribution < 1.29 is 23.8 Å². The molecule has 8 heterocycles. The first-order valence-corrected chi connectivity index (χ1v) is 27.9. The molecule has 1 amide bonds.